The number of nitrogens with zero attached hydrogens (tertiary/aromatic N) is 2. The first-order valence-corrected chi connectivity index (χ1v) is 6.23. The van der Waals surface area contributed by atoms with E-state index >= 15 is 0 Å². The van der Waals surface area contributed by atoms with Crippen LogP contribution in [-0.4, -0.2) is 22.8 Å². The minimum absolute atomic E-state index is 0.704. The molecule has 96 valence electrons. The Hall–Kier alpha value is -1.81. The van der Waals surface area contributed by atoms with Gasteiger partial charge in [0.15, 0.2) is 0 Å². The van der Waals surface area contributed by atoms with Gasteiger partial charge in [0, 0.05) is 25.0 Å². The maximum atomic E-state index is 5.38. The van der Waals surface area contributed by atoms with Crippen LogP contribution in [0.3, 0.4) is 0 Å². The maximum Gasteiger partial charge on any atom is 0.207 e. The molecule has 0 fully saturated rings. The maximum absolute atomic E-state index is 5.38. The van der Waals surface area contributed by atoms with E-state index in [0.29, 0.717) is 6.61 Å². The van der Waals surface area contributed by atoms with Crippen molar-refractivity contribution < 1.29 is 4.74 Å². The fourth-order valence-electron chi connectivity index (χ4n) is 1.77. The molecule has 0 spiro atoms. The van der Waals surface area contributed by atoms with Gasteiger partial charge in [-0.3, -0.25) is 0 Å². The third-order valence-electron chi connectivity index (χ3n) is 2.61. The lowest BCUT2D eigenvalue weighted by Gasteiger charge is -2.09. The Kier molecular flexibility index (Phi) is 4.36. The average Bonchev–Trinajstić information content (AvgIpc) is 2.71. The van der Waals surface area contributed by atoms with Gasteiger partial charge in [-0.05, 0) is 26.0 Å². The van der Waals surface area contributed by atoms with Crippen molar-refractivity contribution in [3.63, 3.8) is 0 Å². The predicted octanol–water partition coefficient (Wildman–Crippen LogP) is 2.97. The van der Waals surface area contributed by atoms with Crippen LogP contribution in [-0.2, 0) is 11.3 Å². The molecule has 0 aliphatic heterocycles. The molecule has 1 aromatic carbocycles. The second kappa shape index (κ2) is 6.21. The number of benzene rings is 1. The van der Waals surface area contributed by atoms with E-state index in [4.69, 9.17) is 4.74 Å². The van der Waals surface area contributed by atoms with E-state index in [9.17, 15) is 0 Å². The second-order valence-electron chi connectivity index (χ2n) is 4.09. The number of imidazole rings is 1. The van der Waals surface area contributed by atoms with Gasteiger partial charge in [-0.1, -0.05) is 18.2 Å². The molecule has 0 saturated heterocycles. The Labute approximate surface area is 108 Å². The first kappa shape index (κ1) is 12.6. The minimum Gasteiger partial charge on any atom is -0.380 e. The number of hydrogen-bond acceptors (Lipinski definition) is 3. The molecular formula is C14H19N3O. The Morgan fingerprint density at radius 3 is 2.78 bits per heavy atom. The number of para-hydroxylation sites is 1. The van der Waals surface area contributed by atoms with Crippen molar-refractivity contribution in [2.75, 3.05) is 18.5 Å². The molecule has 0 bridgehead atoms. The number of hydrogen-bond donors (Lipinski definition) is 1. The van der Waals surface area contributed by atoms with Crippen LogP contribution in [0.2, 0.25) is 0 Å². The highest BCUT2D eigenvalue weighted by Gasteiger charge is 2.05. The third-order valence-corrected chi connectivity index (χ3v) is 2.61. The standard InChI is InChI=1S/C14H19N3O/c1-3-18-10-9-17-11-12(2)15-14(17)16-13-7-5-4-6-8-13/h4-8,11H,3,9-10H2,1-2H3,(H,15,16). The summed E-state index contributed by atoms with van der Waals surface area (Å²) in [6.45, 7) is 6.25. The van der Waals surface area contributed by atoms with Gasteiger partial charge in [0.25, 0.3) is 0 Å². The summed E-state index contributed by atoms with van der Waals surface area (Å²) in [5.41, 5.74) is 2.05. The monoisotopic (exact) mass is 245 g/mol. The van der Waals surface area contributed by atoms with Gasteiger partial charge in [0.2, 0.25) is 5.95 Å². The quantitative estimate of drug-likeness (QED) is 0.795. The summed E-state index contributed by atoms with van der Waals surface area (Å²) in [6, 6.07) is 10.1. The fraction of sp³-hybridized carbons (Fsp3) is 0.357. The number of nitrogens with one attached hydrogen (secondary N) is 1. The smallest absolute Gasteiger partial charge is 0.207 e. The predicted molar refractivity (Wildman–Crippen MR) is 73.2 cm³/mol. The molecule has 0 aliphatic rings. The lowest BCUT2D eigenvalue weighted by molar-refractivity contribution is 0.139. The lowest BCUT2D eigenvalue weighted by Crippen LogP contribution is -2.08. The SMILES string of the molecule is CCOCCn1cc(C)nc1Nc1ccccc1. The molecule has 1 N–H and O–H groups in total. The summed E-state index contributed by atoms with van der Waals surface area (Å²) in [5.74, 6) is 0.860. The van der Waals surface area contributed by atoms with Crippen molar-refractivity contribution in [2.24, 2.45) is 0 Å². The first-order valence-electron chi connectivity index (χ1n) is 6.23. The molecule has 0 radical (unpaired) electrons. The number of ether oxygens (including phenoxy) is 1. The van der Waals surface area contributed by atoms with Crippen molar-refractivity contribution in [1.29, 1.82) is 0 Å². The molecule has 1 heterocycles. The van der Waals surface area contributed by atoms with Crippen LogP contribution in [0.25, 0.3) is 0 Å². The van der Waals surface area contributed by atoms with Crippen LogP contribution in [0, 0.1) is 6.92 Å². The number of aromatic nitrogens is 2. The topological polar surface area (TPSA) is 39.1 Å². The average molecular weight is 245 g/mol. The van der Waals surface area contributed by atoms with Crippen LogP contribution < -0.4 is 5.32 Å². The van der Waals surface area contributed by atoms with Gasteiger partial charge >= 0.3 is 0 Å². The molecule has 0 amide bonds. The zero-order valence-electron chi connectivity index (χ0n) is 10.9. The van der Waals surface area contributed by atoms with Gasteiger partial charge in [-0.2, -0.15) is 0 Å². The normalized spacial score (nSPS) is 10.6. The molecular weight excluding hydrogens is 226 g/mol. The summed E-state index contributed by atoms with van der Waals surface area (Å²) < 4.78 is 7.46. The third kappa shape index (κ3) is 3.34. The van der Waals surface area contributed by atoms with E-state index in [-0.39, 0.29) is 0 Å². The molecule has 0 saturated carbocycles. The zero-order valence-corrected chi connectivity index (χ0v) is 10.9. The van der Waals surface area contributed by atoms with Gasteiger partial charge in [0.05, 0.1) is 12.3 Å². The number of aryl methyl sites for hydroxylation is 1. The molecule has 0 atom stereocenters. The summed E-state index contributed by atoms with van der Waals surface area (Å²) in [4.78, 5) is 4.48. The van der Waals surface area contributed by atoms with E-state index in [2.05, 4.69) is 14.9 Å². The zero-order chi connectivity index (χ0) is 12.8. The van der Waals surface area contributed by atoms with E-state index < -0.39 is 0 Å². The Balaban J connectivity index is 2.07. The number of anilines is 2. The molecule has 2 aromatic rings. The van der Waals surface area contributed by atoms with Crippen LogP contribution in [0.4, 0.5) is 11.6 Å². The van der Waals surface area contributed by atoms with Crippen LogP contribution in [0.15, 0.2) is 36.5 Å². The second-order valence-corrected chi connectivity index (χ2v) is 4.09. The van der Waals surface area contributed by atoms with Crippen molar-refractivity contribution in [2.45, 2.75) is 20.4 Å². The van der Waals surface area contributed by atoms with Gasteiger partial charge in [0.1, 0.15) is 0 Å². The summed E-state index contributed by atoms with van der Waals surface area (Å²) in [6.07, 6.45) is 2.03. The van der Waals surface area contributed by atoms with E-state index in [1.165, 1.54) is 0 Å². The van der Waals surface area contributed by atoms with Crippen LogP contribution in [0.5, 0.6) is 0 Å². The van der Waals surface area contributed by atoms with Crippen molar-refractivity contribution in [3.05, 3.63) is 42.2 Å². The lowest BCUT2D eigenvalue weighted by atomic mass is 10.3. The highest BCUT2D eigenvalue weighted by Crippen LogP contribution is 2.15. The minimum atomic E-state index is 0.704. The highest BCUT2D eigenvalue weighted by molar-refractivity contribution is 5.53. The Morgan fingerprint density at radius 1 is 1.28 bits per heavy atom. The molecule has 18 heavy (non-hydrogen) atoms. The molecule has 0 aliphatic carbocycles. The van der Waals surface area contributed by atoms with Crippen LogP contribution in [0.1, 0.15) is 12.6 Å². The summed E-state index contributed by atoms with van der Waals surface area (Å²) in [7, 11) is 0. The molecule has 4 heteroatoms. The first-order chi connectivity index (χ1) is 8.79. The molecule has 1 aromatic heterocycles. The fourth-order valence-corrected chi connectivity index (χ4v) is 1.77. The van der Waals surface area contributed by atoms with Crippen molar-refractivity contribution in [3.8, 4) is 0 Å². The van der Waals surface area contributed by atoms with E-state index in [0.717, 1.165) is 30.5 Å². The highest BCUT2D eigenvalue weighted by atomic mass is 16.5. The summed E-state index contributed by atoms with van der Waals surface area (Å²) >= 11 is 0. The molecule has 4 nitrogen and oxygen atoms in total. The summed E-state index contributed by atoms with van der Waals surface area (Å²) in [5, 5.41) is 3.32. The molecule has 2 rings (SSSR count). The van der Waals surface area contributed by atoms with Gasteiger partial charge in [-0.25, -0.2) is 4.98 Å². The Bertz CT molecular complexity index is 479. The van der Waals surface area contributed by atoms with Gasteiger partial charge in [-0.15, -0.1) is 0 Å². The Morgan fingerprint density at radius 2 is 2.06 bits per heavy atom. The largest absolute Gasteiger partial charge is 0.380 e. The van der Waals surface area contributed by atoms with Crippen molar-refractivity contribution in [1.82, 2.24) is 9.55 Å². The van der Waals surface area contributed by atoms with Crippen molar-refractivity contribution >= 4 is 11.6 Å². The van der Waals surface area contributed by atoms with E-state index in [1.807, 2.05) is 50.4 Å². The molecule has 0 unspecified atom stereocenters. The number of rotatable bonds is 6. The van der Waals surface area contributed by atoms with E-state index in [1.54, 1.807) is 0 Å². The van der Waals surface area contributed by atoms with Crippen LogP contribution >= 0.6 is 0 Å². The van der Waals surface area contributed by atoms with Gasteiger partial charge < -0.3 is 14.6 Å².